The minimum Gasteiger partial charge on any atom is -0.508 e. The molecule has 1 N–H and O–H groups in total. The van der Waals surface area contributed by atoms with Crippen molar-refractivity contribution in [1.29, 1.82) is 0 Å². The van der Waals surface area contributed by atoms with Gasteiger partial charge >= 0.3 is 6.16 Å². The molecule has 0 radical (unpaired) electrons. The first kappa shape index (κ1) is 35.5. The molecule has 3 rings (SSSR count). The molecule has 0 saturated heterocycles. The Labute approximate surface area is 237 Å². The molecule has 214 valence electrons. The number of benzene rings is 3. The minimum absolute atomic E-state index is 0.152. The Morgan fingerprint density at radius 2 is 1.44 bits per heavy atom. The van der Waals surface area contributed by atoms with Gasteiger partial charge in [0.15, 0.2) is 0 Å². The third-order valence-electron chi connectivity index (χ3n) is 5.82. The standard InChI is InChI=1S/C19H18O.C12H20O3.2C2H6/c1-13-11-16(9-10-19(13)20)14(2)17-8-7-15-5-3-4-6-18(15)12-17;1-6-7-8-10(4)11(5)15-12(13)14-9(2)3;2*1-2/h3-12,14,20H,1-2H3;6-7,9H,8H2,1-5H3;2*1-2H3/b;7-6-,11-10+;;. The third kappa shape index (κ3) is 12.7. The van der Waals surface area contributed by atoms with Gasteiger partial charge in [-0.2, -0.15) is 0 Å². The highest BCUT2D eigenvalue weighted by Crippen LogP contribution is 2.29. The summed E-state index contributed by atoms with van der Waals surface area (Å²) < 4.78 is 9.87. The number of aryl methyl sites for hydroxylation is 1. The summed E-state index contributed by atoms with van der Waals surface area (Å²) >= 11 is 0. The van der Waals surface area contributed by atoms with Crippen LogP contribution in [-0.2, 0) is 9.47 Å². The average molecular weight is 535 g/mol. The molecule has 3 aromatic rings. The van der Waals surface area contributed by atoms with Crippen LogP contribution in [0.5, 0.6) is 5.75 Å². The Hall–Kier alpha value is -3.53. The van der Waals surface area contributed by atoms with Crippen LogP contribution < -0.4 is 0 Å². The molecular formula is C35H50O4. The molecule has 0 heterocycles. The van der Waals surface area contributed by atoms with Crippen LogP contribution >= 0.6 is 0 Å². The lowest BCUT2D eigenvalue weighted by molar-refractivity contribution is 0.0531. The zero-order valence-electron chi connectivity index (χ0n) is 26.0. The molecule has 0 aromatic heterocycles. The largest absolute Gasteiger partial charge is 0.513 e. The molecule has 1 unspecified atom stereocenters. The van der Waals surface area contributed by atoms with Crippen LogP contribution in [0.4, 0.5) is 4.79 Å². The van der Waals surface area contributed by atoms with Crippen LogP contribution in [0.3, 0.4) is 0 Å². The van der Waals surface area contributed by atoms with Crippen molar-refractivity contribution in [1.82, 2.24) is 0 Å². The van der Waals surface area contributed by atoms with Gasteiger partial charge in [0.25, 0.3) is 0 Å². The van der Waals surface area contributed by atoms with Crippen LogP contribution in [0.25, 0.3) is 10.8 Å². The first-order valence-corrected chi connectivity index (χ1v) is 14.1. The quantitative estimate of drug-likeness (QED) is 0.194. The first-order valence-electron chi connectivity index (χ1n) is 14.1. The van der Waals surface area contributed by atoms with Gasteiger partial charge in [-0.05, 0) is 87.1 Å². The van der Waals surface area contributed by atoms with E-state index in [0.717, 1.165) is 17.6 Å². The fraction of sp³-hybridized carbons (Fsp3) is 0.400. The molecule has 0 aliphatic heterocycles. The summed E-state index contributed by atoms with van der Waals surface area (Å²) in [5.41, 5.74) is 4.48. The van der Waals surface area contributed by atoms with Crippen LogP contribution in [0.15, 0.2) is 84.1 Å². The summed E-state index contributed by atoms with van der Waals surface area (Å²) in [5, 5.41) is 12.2. The number of aromatic hydroxyl groups is 1. The number of hydrogen-bond acceptors (Lipinski definition) is 4. The topological polar surface area (TPSA) is 55.8 Å². The molecule has 0 saturated carbocycles. The number of carbonyl (C=O) groups is 1. The number of rotatable bonds is 6. The highest BCUT2D eigenvalue weighted by atomic mass is 16.7. The maximum atomic E-state index is 11.1. The van der Waals surface area contributed by atoms with Crippen molar-refractivity contribution in [2.45, 2.75) is 94.6 Å². The van der Waals surface area contributed by atoms with E-state index in [9.17, 15) is 9.90 Å². The normalized spacial score (nSPS) is 11.7. The van der Waals surface area contributed by atoms with Gasteiger partial charge in [0.2, 0.25) is 0 Å². The number of allylic oxidation sites excluding steroid dienone is 4. The van der Waals surface area contributed by atoms with E-state index in [4.69, 9.17) is 9.47 Å². The SMILES string of the molecule is C/C=C\C/C(C)=C(\C)OC(=O)OC(C)C.CC.CC.Cc1cc(C(C)c2ccc3ccccc3c2)ccc1O. The lowest BCUT2D eigenvalue weighted by Gasteiger charge is -2.14. The Balaban J connectivity index is 0.000000682. The van der Waals surface area contributed by atoms with Crippen LogP contribution in [0, 0.1) is 6.92 Å². The summed E-state index contributed by atoms with van der Waals surface area (Å²) in [6.07, 6.45) is 3.97. The van der Waals surface area contributed by atoms with Crippen molar-refractivity contribution in [3.05, 3.63) is 101 Å². The van der Waals surface area contributed by atoms with E-state index in [1.165, 1.54) is 21.9 Å². The zero-order valence-corrected chi connectivity index (χ0v) is 26.0. The van der Waals surface area contributed by atoms with Crippen molar-refractivity contribution in [3.8, 4) is 5.75 Å². The van der Waals surface area contributed by atoms with E-state index in [-0.39, 0.29) is 6.10 Å². The second kappa shape index (κ2) is 19.5. The Morgan fingerprint density at radius 1 is 0.872 bits per heavy atom. The summed E-state index contributed by atoms with van der Waals surface area (Å²) in [4.78, 5) is 11.1. The predicted octanol–water partition coefficient (Wildman–Crippen LogP) is 10.9. The lowest BCUT2D eigenvalue weighted by atomic mass is 9.90. The molecular weight excluding hydrogens is 484 g/mol. The molecule has 39 heavy (non-hydrogen) atoms. The molecule has 3 aromatic carbocycles. The minimum atomic E-state index is -0.637. The van der Waals surface area contributed by atoms with E-state index in [1.54, 1.807) is 26.8 Å². The summed E-state index contributed by atoms with van der Waals surface area (Å²) in [6, 6.07) is 20.9. The molecule has 4 nitrogen and oxygen atoms in total. The first-order chi connectivity index (χ1) is 18.6. The van der Waals surface area contributed by atoms with Gasteiger partial charge in [-0.3, -0.25) is 0 Å². The molecule has 1 atom stereocenters. The van der Waals surface area contributed by atoms with Crippen molar-refractivity contribution >= 4 is 16.9 Å². The van der Waals surface area contributed by atoms with E-state index in [0.29, 0.717) is 17.4 Å². The summed E-state index contributed by atoms with van der Waals surface area (Å²) in [7, 11) is 0. The van der Waals surface area contributed by atoms with Crippen LogP contribution in [0.2, 0.25) is 0 Å². The monoisotopic (exact) mass is 534 g/mol. The second-order valence-electron chi connectivity index (χ2n) is 9.00. The van der Waals surface area contributed by atoms with E-state index < -0.39 is 6.16 Å². The molecule has 0 aliphatic carbocycles. The van der Waals surface area contributed by atoms with Crippen molar-refractivity contribution in [3.63, 3.8) is 0 Å². The van der Waals surface area contributed by atoms with Crippen LogP contribution in [0.1, 0.15) is 98.3 Å². The maximum Gasteiger partial charge on any atom is 0.513 e. The van der Waals surface area contributed by atoms with Gasteiger partial charge in [-0.25, -0.2) is 4.79 Å². The number of fused-ring (bicyclic) bond motifs is 1. The number of phenolic OH excluding ortho intramolecular Hbond substituents is 1. The Bertz CT molecular complexity index is 1190. The number of ether oxygens (including phenoxy) is 2. The highest BCUT2D eigenvalue weighted by molar-refractivity contribution is 5.83. The lowest BCUT2D eigenvalue weighted by Crippen LogP contribution is -2.12. The third-order valence-corrected chi connectivity index (χ3v) is 5.82. The Kier molecular flexibility index (Phi) is 17.8. The molecule has 0 fully saturated rings. The molecule has 0 aliphatic rings. The van der Waals surface area contributed by atoms with E-state index in [2.05, 4.69) is 55.5 Å². The summed E-state index contributed by atoms with van der Waals surface area (Å²) in [5.74, 6) is 1.29. The van der Waals surface area contributed by atoms with Gasteiger partial charge in [0.1, 0.15) is 11.5 Å². The number of phenols is 1. The van der Waals surface area contributed by atoms with Crippen molar-refractivity contribution in [2.24, 2.45) is 0 Å². The number of hydrogen-bond donors (Lipinski definition) is 1. The van der Waals surface area contributed by atoms with Gasteiger partial charge < -0.3 is 14.6 Å². The molecule has 0 spiro atoms. The van der Waals surface area contributed by atoms with Gasteiger partial charge in [-0.15, -0.1) is 0 Å². The fourth-order valence-electron chi connectivity index (χ4n) is 3.48. The van der Waals surface area contributed by atoms with Crippen molar-refractivity contribution in [2.75, 3.05) is 0 Å². The van der Waals surface area contributed by atoms with Crippen LogP contribution in [-0.4, -0.2) is 17.4 Å². The fourth-order valence-corrected chi connectivity index (χ4v) is 3.48. The summed E-state index contributed by atoms with van der Waals surface area (Å²) in [6.45, 7) is 21.4. The predicted molar refractivity (Wildman–Crippen MR) is 168 cm³/mol. The maximum absolute atomic E-state index is 11.1. The average Bonchev–Trinajstić information content (AvgIpc) is 2.94. The molecule has 0 amide bonds. The van der Waals surface area contributed by atoms with E-state index in [1.807, 2.05) is 66.7 Å². The Morgan fingerprint density at radius 3 is 2.00 bits per heavy atom. The number of carbonyl (C=O) groups excluding carboxylic acids is 1. The molecule has 4 heteroatoms. The van der Waals surface area contributed by atoms with Gasteiger partial charge in [-0.1, -0.05) is 101 Å². The highest BCUT2D eigenvalue weighted by Gasteiger charge is 2.11. The van der Waals surface area contributed by atoms with E-state index >= 15 is 0 Å². The second-order valence-corrected chi connectivity index (χ2v) is 9.00. The van der Waals surface area contributed by atoms with Gasteiger partial charge in [0, 0.05) is 5.92 Å². The smallest absolute Gasteiger partial charge is 0.508 e. The zero-order chi connectivity index (χ0) is 30.0. The van der Waals surface area contributed by atoms with Gasteiger partial charge in [0.05, 0.1) is 6.10 Å². The molecule has 0 bridgehead atoms. The van der Waals surface area contributed by atoms with Crippen molar-refractivity contribution < 1.29 is 19.4 Å².